The van der Waals surface area contributed by atoms with Crippen molar-refractivity contribution in [1.82, 2.24) is 20.2 Å². The molecule has 1 aromatic rings. The summed E-state index contributed by atoms with van der Waals surface area (Å²) >= 11 is 1.24. The smallest absolute Gasteiger partial charge is 0.316 e. The zero-order chi connectivity index (χ0) is 12.0. The van der Waals surface area contributed by atoms with Gasteiger partial charge in [0.15, 0.2) is 0 Å². The van der Waals surface area contributed by atoms with E-state index in [0.29, 0.717) is 18.2 Å². The highest BCUT2D eigenvalue weighted by Crippen LogP contribution is 2.13. The minimum atomic E-state index is -0.276. The fourth-order valence-corrected chi connectivity index (χ4v) is 1.67. The van der Waals surface area contributed by atoms with Gasteiger partial charge < -0.3 is 10.5 Å². The SMILES string of the molecule is CC(C)OC(=O)CSc1nnnn1CCN. The van der Waals surface area contributed by atoms with Crippen molar-refractivity contribution in [3.8, 4) is 0 Å². The molecule has 0 spiro atoms. The largest absolute Gasteiger partial charge is 0.462 e. The first-order valence-corrected chi connectivity index (χ1v) is 5.90. The van der Waals surface area contributed by atoms with Crippen LogP contribution in [-0.2, 0) is 16.1 Å². The summed E-state index contributed by atoms with van der Waals surface area (Å²) in [6.45, 7) is 4.60. The van der Waals surface area contributed by atoms with Crippen LogP contribution in [0.5, 0.6) is 0 Å². The molecule has 0 fully saturated rings. The Labute approximate surface area is 97.7 Å². The molecule has 0 aromatic carbocycles. The van der Waals surface area contributed by atoms with Crippen molar-refractivity contribution in [3.05, 3.63) is 0 Å². The predicted octanol–water partition coefficient (Wildman–Crippen LogP) is -0.325. The number of nitrogens with two attached hydrogens (primary N) is 1. The van der Waals surface area contributed by atoms with E-state index < -0.39 is 0 Å². The van der Waals surface area contributed by atoms with Crippen molar-refractivity contribution in [2.75, 3.05) is 12.3 Å². The van der Waals surface area contributed by atoms with Gasteiger partial charge in [-0.2, -0.15) is 0 Å². The van der Waals surface area contributed by atoms with Crippen molar-refractivity contribution in [3.63, 3.8) is 0 Å². The molecule has 1 aromatic heterocycles. The fourth-order valence-electron chi connectivity index (χ4n) is 0.983. The Bertz CT molecular complexity index is 341. The summed E-state index contributed by atoms with van der Waals surface area (Å²) < 4.78 is 6.55. The van der Waals surface area contributed by atoms with Gasteiger partial charge in [0.25, 0.3) is 0 Å². The second-order valence-electron chi connectivity index (χ2n) is 3.30. The predicted molar refractivity (Wildman–Crippen MR) is 58.8 cm³/mol. The van der Waals surface area contributed by atoms with Crippen molar-refractivity contribution < 1.29 is 9.53 Å². The molecule has 7 nitrogen and oxygen atoms in total. The van der Waals surface area contributed by atoms with E-state index in [4.69, 9.17) is 10.5 Å². The molecule has 90 valence electrons. The van der Waals surface area contributed by atoms with Crippen LogP contribution < -0.4 is 5.73 Å². The lowest BCUT2D eigenvalue weighted by Crippen LogP contribution is -2.15. The first kappa shape index (κ1) is 12.9. The molecule has 8 heteroatoms. The van der Waals surface area contributed by atoms with E-state index in [1.54, 1.807) is 18.5 Å². The topological polar surface area (TPSA) is 95.9 Å². The number of thioether (sulfide) groups is 1. The second kappa shape index (κ2) is 6.44. The highest BCUT2D eigenvalue weighted by atomic mass is 32.2. The number of carbonyl (C=O) groups excluding carboxylic acids is 1. The minimum absolute atomic E-state index is 0.104. The Morgan fingerprint density at radius 3 is 3.00 bits per heavy atom. The molecule has 1 heterocycles. The second-order valence-corrected chi connectivity index (χ2v) is 4.24. The van der Waals surface area contributed by atoms with Gasteiger partial charge >= 0.3 is 5.97 Å². The normalized spacial score (nSPS) is 10.8. The van der Waals surface area contributed by atoms with E-state index in [-0.39, 0.29) is 17.8 Å². The van der Waals surface area contributed by atoms with E-state index in [9.17, 15) is 4.79 Å². The third-order valence-corrected chi connectivity index (χ3v) is 2.46. The van der Waals surface area contributed by atoms with Crippen molar-refractivity contribution in [2.45, 2.75) is 31.7 Å². The lowest BCUT2D eigenvalue weighted by atomic mass is 10.5. The molecular weight excluding hydrogens is 230 g/mol. The van der Waals surface area contributed by atoms with Crippen LogP contribution in [0.15, 0.2) is 5.16 Å². The molecular formula is C8H15N5O2S. The summed E-state index contributed by atoms with van der Waals surface area (Å²) in [6.07, 6.45) is -0.104. The van der Waals surface area contributed by atoms with Gasteiger partial charge in [-0.05, 0) is 24.3 Å². The summed E-state index contributed by atoms with van der Waals surface area (Å²) in [7, 11) is 0. The van der Waals surface area contributed by atoms with Gasteiger partial charge in [-0.15, -0.1) is 5.10 Å². The molecule has 0 unspecified atom stereocenters. The van der Waals surface area contributed by atoms with Crippen LogP contribution in [-0.4, -0.2) is 44.6 Å². The van der Waals surface area contributed by atoms with Crippen LogP contribution in [0.2, 0.25) is 0 Å². The quantitative estimate of drug-likeness (QED) is 0.541. The monoisotopic (exact) mass is 245 g/mol. The highest BCUT2D eigenvalue weighted by Gasteiger charge is 2.11. The van der Waals surface area contributed by atoms with Crippen molar-refractivity contribution in [2.24, 2.45) is 5.73 Å². The molecule has 0 radical (unpaired) electrons. The summed E-state index contributed by atoms with van der Waals surface area (Å²) in [4.78, 5) is 11.3. The van der Waals surface area contributed by atoms with E-state index in [0.717, 1.165) is 0 Å². The molecule has 0 aliphatic heterocycles. The average molecular weight is 245 g/mol. The zero-order valence-corrected chi connectivity index (χ0v) is 10.1. The number of ether oxygens (including phenoxy) is 1. The van der Waals surface area contributed by atoms with Crippen LogP contribution in [0, 0.1) is 0 Å². The first-order chi connectivity index (χ1) is 7.63. The lowest BCUT2D eigenvalue weighted by molar-refractivity contribution is -0.144. The van der Waals surface area contributed by atoms with Crippen LogP contribution in [0.25, 0.3) is 0 Å². The minimum Gasteiger partial charge on any atom is -0.462 e. The van der Waals surface area contributed by atoms with Crippen LogP contribution in [0.3, 0.4) is 0 Å². The third kappa shape index (κ3) is 4.15. The standard InChI is InChI=1S/C8H15N5O2S/c1-6(2)15-7(14)5-16-8-10-11-12-13(8)4-3-9/h6H,3-5,9H2,1-2H3. The molecule has 0 saturated heterocycles. The van der Waals surface area contributed by atoms with Crippen molar-refractivity contribution in [1.29, 1.82) is 0 Å². The Hall–Kier alpha value is -1.15. The molecule has 0 atom stereocenters. The molecule has 0 saturated carbocycles. The Morgan fingerprint density at radius 2 is 2.38 bits per heavy atom. The number of rotatable bonds is 6. The summed E-state index contributed by atoms with van der Waals surface area (Å²) in [5.41, 5.74) is 5.39. The van der Waals surface area contributed by atoms with Crippen molar-refractivity contribution >= 4 is 17.7 Å². The maximum Gasteiger partial charge on any atom is 0.316 e. The molecule has 0 bridgehead atoms. The van der Waals surface area contributed by atoms with Gasteiger partial charge in [0.2, 0.25) is 5.16 Å². The maximum atomic E-state index is 11.3. The van der Waals surface area contributed by atoms with E-state index in [1.807, 2.05) is 0 Å². The number of tetrazole rings is 1. The van der Waals surface area contributed by atoms with Gasteiger partial charge in [-0.3, -0.25) is 4.79 Å². The summed E-state index contributed by atoms with van der Waals surface area (Å²) in [5.74, 6) is -0.0781. The summed E-state index contributed by atoms with van der Waals surface area (Å²) in [6, 6.07) is 0. The van der Waals surface area contributed by atoms with Crippen LogP contribution in [0.1, 0.15) is 13.8 Å². The Morgan fingerprint density at radius 1 is 1.62 bits per heavy atom. The van der Waals surface area contributed by atoms with Gasteiger partial charge in [-0.1, -0.05) is 11.8 Å². The molecule has 1 rings (SSSR count). The number of carbonyl (C=O) groups is 1. The summed E-state index contributed by atoms with van der Waals surface area (Å²) in [5, 5.41) is 11.6. The number of nitrogens with zero attached hydrogens (tertiary/aromatic N) is 4. The molecule has 16 heavy (non-hydrogen) atoms. The number of aromatic nitrogens is 4. The van der Waals surface area contributed by atoms with E-state index in [2.05, 4.69) is 15.5 Å². The molecule has 0 amide bonds. The highest BCUT2D eigenvalue weighted by molar-refractivity contribution is 7.99. The van der Waals surface area contributed by atoms with Gasteiger partial charge in [0, 0.05) is 6.54 Å². The van der Waals surface area contributed by atoms with Crippen LogP contribution in [0.4, 0.5) is 0 Å². The van der Waals surface area contributed by atoms with E-state index in [1.165, 1.54) is 11.8 Å². The Kier molecular flexibility index (Phi) is 5.20. The maximum absolute atomic E-state index is 11.3. The van der Waals surface area contributed by atoms with Gasteiger partial charge in [0.05, 0.1) is 18.4 Å². The van der Waals surface area contributed by atoms with Crippen LogP contribution >= 0.6 is 11.8 Å². The lowest BCUT2D eigenvalue weighted by Gasteiger charge is -2.07. The number of hydrogen-bond donors (Lipinski definition) is 1. The third-order valence-electron chi connectivity index (χ3n) is 1.53. The fraction of sp³-hybridized carbons (Fsp3) is 0.750. The first-order valence-electron chi connectivity index (χ1n) is 4.92. The van der Waals surface area contributed by atoms with Gasteiger partial charge in [-0.25, -0.2) is 4.68 Å². The molecule has 0 aliphatic rings. The zero-order valence-electron chi connectivity index (χ0n) is 9.29. The Balaban J connectivity index is 2.41. The molecule has 2 N–H and O–H groups in total. The van der Waals surface area contributed by atoms with E-state index >= 15 is 0 Å². The average Bonchev–Trinajstić information content (AvgIpc) is 2.62. The van der Waals surface area contributed by atoms with Gasteiger partial charge in [0.1, 0.15) is 0 Å². The molecule has 0 aliphatic carbocycles. The number of esters is 1. The number of hydrogen-bond acceptors (Lipinski definition) is 7.